The lowest BCUT2D eigenvalue weighted by Crippen LogP contribution is -2.50. The number of rotatable bonds is 5. The summed E-state index contributed by atoms with van der Waals surface area (Å²) < 4.78 is 10.7. The number of amides is 2. The Balaban J connectivity index is 1.40. The highest BCUT2D eigenvalue weighted by molar-refractivity contribution is 6.08. The quantitative estimate of drug-likeness (QED) is 0.822. The third-order valence-corrected chi connectivity index (χ3v) is 5.84. The van der Waals surface area contributed by atoms with Crippen molar-refractivity contribution in [2.24, 2.45) is 5.41 Å². The van der Waals surface area contributed by atoms with Crippen molar-refractivity contribution in [1.29, 1.82) is 0 Å². The summed E-state index contributed by atoms with van der Waals surface area (Å²) in [6.45, 7) is 3.53. The first kappa shape index (κ1) is 17.2. The van der Waals surface area contributed by atoms with Gasteiger partial charge < -0.3 is 19.7 Å². The van der Waals surface area contributed by atoms with Gasteiger partial charge in [-0.3, -0.25) is 9.59 Å². The van der Waals surface area contributed by atoms with E-state index in [1.54, 1.807) is 0 Å². The van der Waals surface area contributed by atoms with Crippen molar-refractivity contribution in [3.63, 3.8) is 0 Å². The van der Waals surface area contributed by atoms with Gasteiger partial charge in [0, 0.05) is 19.1 Å². The number of carbonyl (C=O) groups is 2. The monoisotopic (exact) mass is 358 g/mol. The predicted octanol–water partition coefficient (Wildman–Crippen LogP) is 2.60. The largest absolute Gasteiger partial charge is 0.454 e. The molecule has 2 amide bonds. The van der Waals surface area contributed by atoms with E-state index in [1.165, 1.54) is 6.42 Å². The predicted molar refractivity (Wildman–Crippen MR) is 95.7 cm³/mol. The van der Waals surface area contributed by atoms with Crippen LogP contribution in [0.2, 0.25) is 0 Å². The molecule has 1 aliphatic carbocycles. The van der Waals surface area contributed by atoms with Crippen LogP contribution in [0.15, 0.2) is 18.2 Å². The number of carbonyl (C=O) groups excluding carboxylic acids is 2. The summed E-state index contributed by atoms with van der Waals surface area (Å²) in [7, 11) is 0. The molecule has 140 valence electrons. The lowest BCUT2D eigenvalue weighted by atomic mass is 9.95. The highest BCUT2D eigenvalue weighted by Gasteiger charge is 2.58. The van der Waals surface area contributed by atoms with Crippen LogP contribution >= 0.6 is 0 Å². The van der Waals surface area contributed by atoms with Crippen LogP contribution in [0.4, 0.5) is 0 Å². The Morgan fingerprint density at radius 1 is 1.23 bits per heavy atom. The highest BCUT2D eigenvalue weighted by Crippen LogP contribution is 2.48. The van der Waals surface area contributed by atoms with Gasteiger partial charge in [-0.2, -0.15) is 0 Å². The average molecular weight is 358 g/mol. The molecule has 2 aliphatic heterocycles. The van der Waals surface area contributed by atoms with Gasteiger partial charge >= 0.3 is 0 Å². The first-order chi connectivity index (χ1) is 12.6. The highest BCUT2D eigenvalue weighted by atomic mass is 16.7. The zero-order chi connectivity index (χ0) is 18.1. The summed E-state index contributed by atoms with van der Waals surface area (Å²) in [6.07, 6.45) is 5.54. The number of benzene rings is 1. The van der Waals surface area contributed by atoms with Gasteiger partial charge in [-0.1, -0.05) is 13.0 Å². The number of nitrogens with one attached hydrogen (secondary N) is 1. The van der Waals surface area contributed by atoms with Crippen LogP contribution in [0.1, 0.15) is 51.0 Å². The molecule has 26 heavy (non-hydrogen) atoms. The number of nitrogens with zero attached hydrogens (tertiary/aromatic N) is 1. The van der Waals surface area contributed by atoms with Crippen molar-refractivity contribution in [3.05, 3.63) is 23.8 Å². The molecule has 2 heterocycles. The third-order valence-electron chi connectivity index (χ3n) is 5.84. The van der Waals surface area contributed by atoms with Gasteiger partial charge in [0.1, 0.15) is 5.41 Å². The Labute approximate surface area is 153 Å². The molecule has 2 fully saturated rings. The zero-order valence-electron chi connectivity index (χ0n) is 15.3. The normalized spacial score (nSPS) is 22.8. The van der Waals surface area contributed by atoms with Crippen molar-refractivity contribution < 1.29 is 19.1 Å². The molecule has 1 saturated heterocycles. The van der Waals surface area contributed by atoms with Crippen LogP contribution in [0.5, 0.6) is 11.5 Å². The van der Waals surface area contributed by atoms with E-state index in [0.29, 0.717) is 25.1 Å². The minimum atomic E-state index is -0.832. The second kappa shape index (κ2) is 6.82. The molecule has 0 radical (unpaired) electrons. The van der Waals surface area contributed by atoms with Crippen LogP contribution in [-0.2, 0) is 16.1 Å². The molecule has 1 saturated carbocycles. The van der Waals surface area contributed by atoms with Crippen LogP contribution in [0.3, 0.4) is 0 Å². The van der Waals surface area contributed by atoms with Gasteiger partial charge in [0.05, 0.1) is 0 Å². The Kier molecular flexibility index (Phi) is 4.51. The first-order valence-corrected chi connectivity index (χ1v) is 9.62. The Bertz CT molecular complexity index is 714. The van der Waals surface area contributed by atoms with Gasteiger partial charge in [0.15, 0.2) is 11.5 Å². The number of piperidine rings is 1. The molecule has 1 aromatic carbocycles. The minimum Gasteiger partial charge on any atom is -0.454 e. The van der Waals surface area contributed by atoms with Crippen molar-refractivity contribution in [1.82, 2.24) is 10.2 Å². The molecular weight excluding hydrogens is 332 g/mol. The molecule has 6 nitrogen and oxygen atoms in total. The number of ether oxygens (including phenoxy) is 2. The van der Waals surface area contributed by atoms with E-state index in [4.69, 9.17) is 9.47 Å². The second-order valence-corrected chi connectivity index (χ2v) is 7.51. The van der Waals surface area contributed by atoms with Gasteiger partial charge in [-0.05, 0) is 56.2 Å². The Hall–Kier alpha value is -2.24. The molecule has 4 rings (SSSR count). The number of likely N-dealkylation sites (tertiary alicyclic amines) is 1. The maximum Gasteiger partial charge on any atom is 0.238 e. The van der Waals surface area contributed by atoms with Gasteiger partial charge in [0.25, 0.3) is 0 Å². The Morgan fingerprint density at radius 3 is 2.81 bits per heavy atom. The van der Waals surface area contributed by atoms with E-state index in [1.807, 2.05) is 23.1 Å². The van der Waals surface area contributed by atoms with E-state index in [-0.39, 0.29) is 24.6 Å². The second-order valence-electron chi connectivity index (χ2n) is 7.51. The summed E-state index contributed by atoms with van der Waals surface area (Å²) in [5.74, 6) is 1.32. The fourth-order valence-electron chi connectivity index (χ4n) is 4.03. The van der Waals surface area contributed by atoms with Gasteiger partial charge in [-0.25, -0.2) is 0 Å². The lowest BCUT2D eigenvalue weighted by molar-refractivity contribution is -0.147. The summed E-state index contributed by atoms with van der Waals surface area (Å²) in [5, 5.41) is 2.96. The van der Waals surface area contributed by atoms with Crippen molar-refractivity contribution in [2.75, 3.05) is 13.3 Å². The fraction of sp³-hybridized carbons (Fsp3) is 0.600. The van der Waals surface area contributed by atoms with Crippen molar-refractivity contribution >= 4 is 11.8 Å². The van der Waals surface area contributed by atoms with Crippen LogP contribution < -0.4 is 14.8 Å². The lowest BCUT2D eigenvalue weighted by Gasteiger charge is -2.37. The molecule has 1 N–H and O–H groups in total. The maximum absolute atomic E-state index is 13.1. The van der Waals surface area contributed by atoms with E-state index < -0.39 is 5.41 Å². The number of hydrogen-bond acceptors (Lipinski definition) is 4. The number of fused-ring (bicyclic) bond motifs is 1. The molecule has 3 aliphatic rings. The van der Waals surface area contributed by atoms with Gasteiger partial charge in [0.2, 0.25) is 18.6 Å². The fourth-order valence-corrected chi connectivity index (χ4v) is 4.03. The molecule has 6 heteroatoms. The van der Waals surface area contributed by atoms with Crippen LogP contribution in [0.25, 0.3) is 0 Å². The molecular formula is C20H26N2O4. The molecule has 1 unspecified atom stereocenters. The van der Waals surface area contributed by atoms with E-state index in [9.17, 15) is 9.59 Å². The van der Waals surface area contributed by atoms with Crippen LogP contribution in [-0.4, -0.2) is 36.1 Å². The van der Waals surface area contributed by atoms with Crippen molar-refractivity contribution in [2.45, 2.75) is 58.0 Å². The number of hydrogen-bond donors (Lipinski definition) is 1. The minimum absolute atomic E-state index is 0.0345. The summed E-state index contributed by atoms with van der Waals surface area (Å²) in [4.78, 5) is 27.9. The zero-order valence-corrected chi connectivity index (χ0v) is 15.3. The summed E-state index contributed by atoms with van der Waals surface area (Å²) >= 11 is 0. The molecule has 0 bridgehead atoms. The molecule has 0 aromatic heterocycles. The first-order valence-electron chi connectivity index (χ1n) is 9.62. The van der Waals surface area contributed by atoms with Crippen LogP contribution in [0, 0.1) is 5.41 Å². The topological polar surface area (TPSA) is 67.9 Å². The molecule has 1 aromatic rings. The maximum atomic E-state index is 13.1. The summed E-state index contributed by atoms with van der Waals surface area (Å²) in [6, 6.07) is 5.92. The van der Waals surface area contributed by atoms with E-state index in [0.717, 1.165) is 37.1 Å². The van der Waals surface area contributed by atoms with Gasteiger partial charge in [-0.15, -0.1) is 0 Å². The Morgan fingerprint density at radius 2 is 2.04 bits per heavy atom. The standard InChI is InChI=1S/C20H26N2O4/c1-2-15-5-3-4-10-22(15)19(24)20(8-9-20)18(23)21-12-14-6-7-16-17(11-14)26-13-25-16/h6-7,11,15H,2-5,8-10,12-13H2,1H3,(H,21,23). The van der Waals surface area contributed by atoms with Crippen molar-refractivity contribution in [3.8, 4) is 11.5 Å². The van der Waals surface area contributed by atoms with E-state index in [2.05, 4.69) is 12.2 Å². The van der Waals surface area contributed by atoms with E-state index >= 15 is 0 Å². The third kappa shape index (κ3) is 3.02. The smallest absolute Gasteiger partial charge is 0.238 e. The SMILES string of the molecule is CCC1CCCCN1C(=O)C1(C(=O)NCc2ccc3c(c2)OCO3)CC1. The average Bonchev–Trinajstić information content (AvgIpc) is 3.36. The molecule has 1 atom stereocenters. The summed E-state index contributed by atoms with van der Waals surface area (Å²) in [5.41, 5.74) is 0.108. The molecule has 0 spiro atoms.